The fraction of sp³-hybridized carbons (Fsp3) is 0.188. The number of rotatable bonds is 2. The van der Waals surface area contributed by atoms with E-state index >= 15 is 0 Å². The van der Waals surface area contributed by atoms with E-state index in [1.807, 2.05) is 16.8 Å². The second kappa shape index (κ2) is 5.23. The lowest BCUT2D eigenvalue weighted by Gasteiger charge is -2.10. The average molecular weight is 350 g/mol. The molecule has 1 heterocycles. The van der Waals surface area contributed by atoms with E-state index in [-0.39, 0.29) is 0 Å². The Kier molecular flexibility index (Phi) is 3.57. The van der Waals surface area contributed by atoms with Gasteiger partial charge >= 0.3 is 0 Å². The van der Waals surface area contributed by atoms with Gasteiger partial charge in [-0.25, -0.2) is 0 Å². The van der Waals surface area contributed by atoms with Gasteiger partial charge in [0.15, 0.2) is 5.15 Å². The van der Waals surface area contributed by atoms with Gasteiger partial charge in [-0.2, -0.15) is 5.10 Å². The highest BCUT2D eigenvalue weighted by Gasteiger charge is 2.11. The molecule has 0 atom stereocenters. The minimum absolute atomic E-state index is 0.554. The van der Waals surface area contributed by atoms with Crippen LogP contribution in [0, 0.1) is 13.8 Å². The Morgan fingerprint density at radius 1 is 1.15 bits per heavy atom. The van der Waals surface area contributed by atoms with E-state index in [1.165, 1.54) is 16.7 Å². The Labute approximate surface area is 131 Å². The maximum Gasteiger partial charge on any atom is 0.158 e. The highest BCUT2D eigenvalue weighted by molar-refractivity contribution is 9.10. The molecule has 102 valence electrons. The summed E-state index contributed by atoms with van der Waals surface area (Å²) in [4.78, 5) is 0. The van der Waals surface area contributed by atoms with Crippen molar-refractivity contribution in [2.24, 2.45) is 0 Å². The molecule has 0 unspecified atom stereocenters. The van der Waals surface area contributed by atoms with E-state index in [1.54, 1.807) is 0 Å². The van der Waals surface area contributed by atoms with Gasteiger partial charge in [-0.3, -0.25) is 4.68 Å². The van der Waals surface area contributed by atoms with Crippen LogP contribution in [0.3, 0.4) is 0 Å². The maximum absolute atomic E-state index is 6.23. The van der Waals surface area contributed by atoms with E-state index in [0.717, 1.165) is 21.9 Å². The van der Waals surface area contributed by atoms with Crippen molar-refractivity contribution in [3.63, 3.8) is 0 Å². The van der Waals surface area contributed by atoms with Crippen molar-refractivity contribution in [1.29, 1.82) is 0 Å². The molecule has 0 aliphatic heterocycles. The molecule has 0 N–H and O–H groups in total. The van der Waals surface area contributed by atoms with E-state index in [0.29, 0.717) is 5.15 Å². The molecule has 0 aliphatic rings. The Hall–Kier alpha value is -1.32. The zero-order valence-corrected chi connectivity index (χ0v) is 13.7. The first-order valence-electron chi connectivity index (χ1n) is 6.43. The van der Waals surface area contributed by atoms with Crippen molar-refractivity contribution in [3.8, 4) is 0 Å². The van der Waals surface area contributed by atoms with Crippen LogP contribution in [-0.2, 0) is 6.54 Å². The van der Waals surface area contributed by atoms with Crippen LogP contribution in [0.25, 0.3) is 10.9 Å². The minimum Gasteiger partial charge on any atom is -0.259 e. The zero-order chi connectivity index (χ0) is 14.3. The van der Waals surface area contributed by atoms with E-state index in [2.05, 4.69) is 59.1 Å². The smallest absolute Gasteiger partial charge is 0.158 e. The van der Waals surface area contributed by atoms with Gasteiger partial charge in [-0.05, 0) is 48.7 Å². The van der Waals surface area contributed by atoms with Gasteiger partial charge in [-0.1, -0.05) is 45.7 Å². The van der Waals surface area contributed by atoms with Crippen LogP contribution in [0.2, 0.25) is 5.15 Å². The van der Waals surface area contributed by atoms with E-state index < -0.39 is 0 Å². The first kappa shape index (κ1) is 13.7. The number of hydrogen-bond donors (Lipinski definition) is 0. The molecule has 0 spiro atoms. The molecule has 0 fully saturated rings. The van der Waals surface area contributed by atoms with Crippen LogP contribution in [0.1, 0.15) is 16.7 Å². The summed E-state index contributed by atoms with van der Waals surface area (Å²) in [5, 5.41) is 6.01. The number of nitrogens with zero attached hydrogens (tertiary/aromatic N) is 2. The lowest BCUT2D eigenvalue weighted by molar-refractivity contribution is 0.706. The second-order valence-electron chi connectivity index (χ2n) is 4.98. The zero-order valence-electron chi connectivity index (χ0n) is 11.3. The van der Waals surface area contributed by atoms with Crippen LogP contribution in [-0.4, -0.2) is 9.78 Å². The van der Waals surface area contributed by atoms with Crippen molar-refractivity contribution in [3.05, 3.63) is 62.7 Å². The molecule has 2 aromatic carbocycles. The third-order valence-corrected chi connectivity index (χ3v) is 4.39. The lowest BCUT2D eigenvalue weighted by Crippen LogP contribution is -2.05. The fourth-order valence-corrected chi connectivity index (χ4v) is 3.08. The van der Waals surface area contributed by atoms with Gasteiger partial charge in [0.25, 0.3) is 0 Å². The highest BCUT2D eigenvalue weighted by atomic mass is 79.9. The van der Waals surface area contributed by atoms with Crippen LogP contribution in [0.5, 0.6) is 0 Å². The molecule has 0 aliphatic carbocycles. The van der Waals surface area contributed by atoms with Gasteiger partial charge < -0.3 is 0 Å². The number of aryl methyl sites for hydroxylation is 2. The van der Waals surface area contributed by atoms with Gasteiger partial charge in [0.2, 0.25) is 0 Å². The van der Waals surface area contributed by atoms with Crippen LogP contribution in [0.15, 0.2) is 40.9 Å². The lowest BCUT2D eigenvalue weighted by atomic mass is 10.0. The Balaban J connectivity index is 2.14. The minimum atomic E-state index is 0.554. The molecule has 0 amide bonds. The van der Waals surface area contributed by atoms with Crippen molar-refractivity contribution in [2.75, 3.05) is 0 Å². The number of benzene rings is 2. The van der Waals surface area contributed by atoms with Crippen LogP contribution < -0.4 is 0 Å². The first-order valence-corrected chi connectivity index (χ1v) is 7.60. The summed E-state index contributed by atoms with van der Waals surface area (Å²) in [6.45, 7) is 5.00. The second-order valence-corrected chi connectivity index (χ2v) is 6.25. The summed E-state index contributed by atoms with van der Waals surface area (Å²) >= 11 is 9.73. The van der Waals surface area contributed by atoms with Crippen molar-refractivity contribution < 1.29 is 0 Å². The van der Waals surface area contributed by atoms with Gasteiger partial charge in [-0.15, -0.1) is 0 Å². The number of hydrogen-bond acceptors (Lipinski definition) is 1. The summed E-state index contributed by atoms with van der Waals surface area (Å²) in [5.41, 5.74) is 4.90. The third-order valence-electron chi connectivity index (χ3n) is 3.62. The summed E-state index contributed by atoms with van der Waals surface area (Å²) in [6, 6.07) is 12.4. The molecule has 0 saturated heterocycles. The third kappa shape index (κ3) is 2.36. The molecule has 1 aromatic heterocycles. The van der Waals surface area contributed by atoms with Crippen molar-refractivity contribution in [1.82, 2.24) is 9.78 Å². The average Bonchev–Trinajstić information content (AvgIpc) is 2.70. The number of fused-ring (bicyclic) bond motifs is 1. The van der Waals surface area contributed by atoms with Gasteiger partial charge in [0.1, 0.15) is 0 Å². The predicted octanol–water partition coefficient (Wildman–Crippen LogP) is 5.12. The SMILES string of the molecule is Cc1cccc(C)c1Cn1nc(Cl)c2ccc(Br)cc21. The molecular weight excluding hydrogens is 336 g/mol. The Morgan fingerprint density at radius 2 is 1.85 bits per heavy atom. The largest absolute Gasteiger partial charge is 0.259 e. The molecule has 0 radical (unpaired) electrons. The summed E-state index contributed by atoms with van der Waals surface area (Å²) < 4.78 is 3.00. The molecular formula is C16H14BrClN2. The summed E-state index contributed by atoms with van der Waals surface area (Å²) in [7, 11) is 0. The molecule has 2 nitrogen and oxygen atoms in total. The highest BCUT2D eigenvalue weighted by Crippen LogP contribution is 2.27. The molecule has 20 heavy (non-hydrogen) atoms. The standard InChI is InChI=1S/C16H14BrClN2/c1-10-4-3-5-11(2)14(10)9-20-15-8-12(17)6-7-13(15)16(18)19-20/h3-8H,9H2,1-2H3. The summed E-state index contributed by atoms with van der Waals surface area (Å²) in [5.74, 6) is 0. The topological polar surface area (TPSA) is 17.8 Å². The normalized spacial score (nSPS) is 11.2. The Morgan fingerprint density at radius 3 is 2.55 bits per heavy atom. The van der Waals surface area contributed by atoms with E-state index in [9.17, 15) is 0 Å². The molecule has 0 bridgehead atoms. The van der Waals surface area contributed by atoms with Crippen molar-refractivity contribution >= 4 is 38.4 Å². The number of halogens is 2. The van der Waals surface area contributed by atoms with Crippen LogP contribution in [0.4, 0.5) is 0 Å². The molecule has 4 heteroatoms. The maximum atomic E-state index is 6.23. The number of aromatic nitrogens is 2. The van der Waals surface area contributed by atoms with Crippen LogP contribution >= 0.6 is 27.5 Å². The monoisotopic (exact) mass is 348 g/mol. The van der Waals surface area contributed by atoms with Gasteiger partial charge in [0.05, 0.1) is 12.1 Å². The fourth-order valence-electron chi connectivity index (χ4n) is 2.48. The van der Waals surface area contributed by atoms with E-state index in [4.69, 9.17) is 11.6 Å². The quantitative estimate of drug-likeness (QED) is 0.628. The summed E-state index contributed by atoms with van der Waals surface area (Å²) in [6.07, 6.45) is 0. The van der Waals surface area contributed by atoms with Crippen molar-refractivity contribution in [2.45, 2.75) is 20.4 Å². The predicted molar refractivity (Wildman–Crippen MR) is 87.5 cm³/mol. The molecule has 3 rings (SSSR count). The first-order chi connectivity index (χ1) is 9.56. The Bertz CT molecular complexity index is 772. The molecule has 0 saturated carbocycles. The molecule has 3 aromatic rings. The van der Waals surface area contributed by atoms with Gasteiger partial charge in [0, 0.05) is 9.86 Å².